The molecule has 1 N–H and O–H groups in total. The second-order valence-corrected chi connectivity index (χ2v) is 3.82. The average Bonchev–Trinajstić information content (AvgIpc) is 2.23. The van der Waals surface area contributed by atoms with Gasteiger partial charge in [0, 0.05) is 19.4 Å². The maximum Gasteiger partial charge on any atom is 0.220 e. The van der Waals surface area contributed by atoms with Gasteiger partial charge in [0.15, 0.2) is 0 Å². The number of carbonyl (C=O) groups excluding carboxylic acids is 1. The van der Waals surface area contributed by atoms with Crippen molar-refractivity contribution in [3.8, 4) is 12.3 Å². The smallest absolute Gasteiger partial charge is 0.220 e. The molecule has 0 fully saturated rings. The van der Waals surface area contributed by atoms with Crippen LogP contribution in [0.25, 0.3) is 0 Å². The summed E-state index contributed by atoms with van der Waals surface area (Å²) in [5, 5.41) is 2.91. The van der Waals surface area contributed by atoms with E-state index in [9.17, 15) is 4.79 Å². The first-order valence-corrected chi connectivity index (χ1v) is 6.01. The molecule has 0 aromatic rings. The van der Waals surface area contributed by atoms with E-state index in [2.05, 4.69) is 18.2 Å². The zero-order valence-corrected chi connectivity index (χ0v) is 9.85. The summed E-state index contributed by atoms with van der Waals surface area (Å²) in [7, 11) is 0. The van der Waals surface area contributed by atoms with E-state index in [4.69, 9.17) is 6.42 Å². The Kier molecular flexibility index (Phi) is 10.4. The van der Waals surface area contributed by atoms with Crippen LogP contribution >= 0.6 is 0 Å². The minimum atomic E-state index is 0.140. The van der Waals surface area contributed by atoms with Crippen molar-refractivity contribution in [1.29, 1.82) is 0 Å². The van der Waals surface area contributed by atoms with Gasteiger partial charge in [0.2, 0.25) is 5.91 Å². The Morgan fingerprint density at radius 2 is 1.93 bits per heavy atom. The lowest BCUT2D eigenvalue weighted by atomic mass is 10.1. The first kappa shape index (κ1) is 14.0. The molecule has 15 heavy (non-hydrogen) atoms. The highest BCUT2D eigenvalue weighted by Gasteiger charge is 1.98. The zero-order valence-electron chi connectivity index (χ0n) is 9.85. The van der Waals surface area contributed by atoms with Gasteiger partial charge < -0.3 is 5.32 Å². The molecule has 0 aromatic carbocycles. The summed E-state index contributed by atoms with van der Waals surface area (Å²) in [4.78, 5) is 11.2. The lowest BCUT2D eigenvalue weighted by Crippen LogP contribution is -2.23. The van der Waals surface area contributed by atoms with Gasteiger partial charge in [-0.3, -0.25) is 4.79 Å². The fourth-order valence-electron chi connectivity index (χ4n) is 1.40. The number of carbonyl (C=O) groups is 1. The molecule has 0 radical (unpaired) electrons. The number of hydrogen-bond acceptors (Lipinski definition) is 1. The molecule has 0 unspecified atom stereocenters. The number of rotatable bonds is 9. The van der Waals surface area contributed by atoms with Crippen LogP contribution in [0.4, 0.5) is 0 Å². The van der Waals surface area contributed by atoms with Gasteiger partial charge in [-0.1, -0.05) is 32.6 Å². The standard InChI is InChI=1S/C13H23NO/c1-3-5-7-8-10-12-14-13(15)11-9-6-4-2/h2H,3,5-12H2,1H3,(H,14,15). The van der Waals surface area contributed by atoms with Crippen molar-refractivity contribution in [2.45, 2.75) is 58.3 Å². The van der Waals surface area contributed by atoms with Crippen LogP contribution in [0.5, 0.6) is 0 Å². The maximum absolute atomic E-state index is 11.2. The third-order valence-electron chi connectivity index (χ3n) is 2.33. The molecule has 0 heterocycles. The van der Waals surface area contributed by atoms with Gasteiger partial charge in [-0.25, -0.2) is 0 Å². The predicted octanol–water partition coefficient (Wildman–Crippen LogP) is 2.88. The quantitative estimate of drug-likeness (QED) is 0.459. The average molecular weight is 209 g/mol. The van der Waals surface area contributed by atoms with Gasteiger partial charge in [-0.2, -0.15) is 0 Å². The van der Waals surface area contributed by atoms with E-state index in [-0.39, 0.29) is 5.91 Å². The van der Waals surface area contributed by atoms with Gasteiger partial charge in [0.1, 0.15) is 0 Å². The molecule has 0 aromatic heterocycles. The number of amides is 1. The molecule has 0 atom stereocenters. The lowest BCUT2D eigenvalue weighted by molar-refractivity contribution is -0.121. The molecule has 0 rings (SSSR count). The van der Waals surface area contributed by atoms with E-state index in [1.54, 1.807) is 0 Å². The van der Waals surface area contributed by atoms with Crippen LogP contribution < -0.4 is 5.32 Å². The van der Waals surface area contributed by atoms with E-state index in [0.29, 0.717) is 12.8 Å². The molecule has 0 saturated carbocycles. The second kappa shape index (κ2) is 11.1. The molecular weight excluding hydrogens is 186 g/mol. The van der Waals surface area contributed by atoms with Crippen LogP contribution in [0, 0.1) is 12.3 Å². The first-order chi connectivity index (χ1) is 7.31. The molecule has 0 aliphatic carbocycles. The number of hydrogen-bond donors (Lipinski definition) is 1. The van der Waals surface area contributed by atoms with Crippen molar-refractivity contribution in [1.82, 2.24) is 5.32 Å². The van der Waals surface area contributed by atoms with Gasteiger partial charge in [0.05, 0.1) is 0 Å². The Morgan fingerprint density at radius 1 is 1.20 bits per heavy atom. The monoisotopic (exact) mass is 209 g/mol. The normalized spacial score (nSPS) is 9.60. The van der Waals surface area contributed by atoms with E-state index >= 15 is 0 Å². The molecule has 0 aliphatic rings. The van der Waals surface area contributed by atoms with Crippen LogP contribution in [-0.2, 0) is 4.79 Å². The fraction of sp³-hybridized carbons (Fsp3) is 0.769. The van der Waals surface area contributed by atoms with E-state index in [0.717, 1.165) is 19.4 Å². The lowest BCUT2D eigenvalue weighted by Gasteiger charge is -2.03. The van der Waals surface area contributed by atoms with Crippen molar-refractivity contribution in [2.24, 2.45) is 0 Å². The van der Waals surface area contributed by atoms with Crippen molar-refractivity contribution in [3.63, 3.8) is 0 Å². The molecule has 0 saturated heterocycles. The van der Waals surface area contributed by atoms with Crippen LogP contribution in [0.1, 0.15) is 58.3 Å². The summed E-state index contributed by atoms with van der Waals surface area (Å²) >= 11 is 0. The van der Waals surface area contributed by atoms with Crippen LogP contribution in [0.15, 0.2) is 0 Å². The Hall–Kier alpha value is -0.970. The topological polar surface area (TPSA) is 29.1 Å². The summed E-state index contributed by atoms with van der Waals surface area (Å²) in [5.41, 5.74) is 0. The Bertz CT molecular complexity index is 193. The molecule has 0 aliphatic heterocycles. The highest BCUT2D eigenvalue weighted by Crippen LogP contribution is 2.01. The van der Waals surface area contributed by atoms with Gasteiger partial charge >= 0.3 is 0 Å². The number of terminal acetylenes is 1. The van der Waals surface area contributed by atoms with Crippen LogP contribution in [0.3, 0.4) is 0 Å². The minimum Gasteiger partial charge on any atom is -0.356 e. The van der Waals surface area contributed by atoms with Gasteiger partial charge in [-0.05, 0) is 12.8 Å². The molecule has 0 spiro atoms. The summed E-state index contributed by atoms with van der Waals surface area (Å²) in [6.07, 6.45) is 13.3. The highest BCUT2D eigenvalue weighted by molar-refractivity contribution is 5.75. The SMILES string of the molecule is C#CCCCC(=O)NCCCCCCC. The zero-order chi connectivity index (χ0) is 11.4. The summed E-state index contributed by atoms with van der Waals surface area (Å²) < 4.78 is 0. The molecule has 2 nitrogen and oxygen atoms in total. The molecular formula is C13H23NO. The maximum atomic E-state index is 11.2. The van der Waals surface area contributed by atoms with Gasteiger partial charge in [-0.15, -0.1) is 12.3 Å². The largest absolute Gasteiger partial charge is 0.356 e. The number of unbranched alkanes of at least 4 members (excludes halogenated alkanes) is 5. The Morgan fingerprint density at radius 3 is 2.60 bits per heavy atom. The fourth-order valence-corrected chi connectivity index (χ4v) is 1.40. The van der Waals surface area contributed by atoms with Crippen molar-refractivity contribution in [2.75, 3.05) is 6.54 Å². The second-order valence-electron chi connectivity index (χ2n) is 3.82. The third kappa shape index (κ3) is 11.0. The molecule has 2 heteroatoms. The predicted molar refractivity (Wildman–Crippen MR) is 64.5 cm³/mol. The van der Waals surface area contributed by atoms with Crippen molar-refractivity contribution in [3.05, 3.63) is 0 Å². The number of nitrogens with one attached hydrogen (secondary N) is 1. The van der Waals surface area contributed by atoms with Gasteiger partial charge in [0.25, 0.3) is 0 Å². The summed E-state index contributed by atoms with van der Waals surface area (Å²) in [5.74, 6) is 2.67. The van der Waals surface area contributed by atoms with E-state index in [1.165, 1.54) is 25.7 Å². The highest BCUT2D eigenvalue weighted by atomic mass is 16.1. The van der Waals surface area contributed by atoms with E-state index < -0.39 is 0 Å². The molecule has 1 amide bonds. The summed E-state index contributed by atoms with van der Waals surface area (Å²) in [6, 6.07) is 0. The van der Waals surface area contributed by atoms with E-state index in [1.807, 2.05) is 0 Å². The molecule has 0 bridgehead atoms. The third-order valence-corrected chi connectivity index (χ3v) is 2.33. The van der Waals surface area contributed by atoms with Crippen molar-refractivity contribution < 1.29 is 4.79 Å². The first-order valence-electron chi connectivity index (χ1n) is 6.01. The molecule has 86 valence electrons. The van der Waals surface area contributed by atoms with Crippen molar-refractivity contribution >= 4 is 5.91 Å². The Labute approximate surface area is 93.8 Å². The van der Waals surface area contributed by atoms with Crippen LogP contribution in [-0.4, -0.2) is 12.5 Å². The Balaban J connectivity index is 3.14. The summed E-state index contributed by atoms with van der Waals surface area (Å²) in [6.45, 7) is 3.02. The van der Waals surface area contributed by atoms with Crippen LogP contribution in [0.2, 0.25) is 0 Å². The minimum absolute atomic E-state index is 0.140.